The summed E-state index contributed by atoms with van der Waals surface area (Å²) in [7, 11) is 0. The number of carbonyl (C=O) groups excluding carboxylic acids is 1. The number of unbranched alkanes of at least 4 members (excludes halogenated alkanes) is 2. The number of amides is 1. The molecule has 0 saturated heterocycles. The minimum Gasteiger partial charge on any atom is -0.493 e. The van der Waals surface area contributed by atoms with E-state index < -0.39 is 5.97 Å². The molecule has 0 spiro atoms. The molecule has 5 heteroatoms. The summed E-state index contributed by atoms with van der Waals surface area (Å²) in [5.74, 6) is -0.0175. The second kappa shape index (κ2) is 12.6. The Bertz CT molecular complexity index is 1060. The minimum absolute atomic E-state index is 0.0157. The number of nitrogens with zero attached hydrogens (tertiary/aromatic N) is 1. The first kappa shape index (κ1) is 25.0. The lowest BCUT2D eigenvalue weighted by atomic mass is 10.0. The van der Waals surface area contributed by atoms with Crippen molar-refractivity contribution in [1.82, 2.24) is 4.90 Å². The summed E-state index contributed by atoms with van der Waals surface area (Å²) in [6, 6.07) is 25.7. The van der Waals surface area contributed by atoms with Crippen LogP contribution in [0.3, 0.4) is 0 Å². The van der Waals surface area contributed by atoms with E-state index >= 15 is 0 Å². The summed E-state index contributed by atoms with van der Waals surface area (Å²) < 4.78 is 5.99. The van der Waals surface area contributed by atoms with Gasteiger partial charge in [0.2, 0.25) is 0 Å². The minimum atomic E-state index is -0.764. The van der Waals surface area contributed by atoms with Crippen LogP contribution in [0.15, 0.2) is 78.9 Å². The number of carboxylic acid groups (broad SMARTS) is 1. The van der Waals surface area contributed by atoms with Gasteiger partial charge in [-0.3, -0.25) is 9.59 Å². The summed E-state index contributed by atoms with van der Waals surface area (Å²) in [6.07, 6.45) is 2.44. The number of benzene rings is 3. The molecule has 0 unspecified atom stereocenters. The van der Waals surface area contributed by atoms with Crippen LogP contribution in [-0.2, 0) is 11.3 Å². The molecule has 5 nitrogen and oxygen atoms in total. The van der Waals surface area contributed by atoms with Gasteiger partial charge in [0.15, 0.2) is 0 Å². The Hall–Kier alpha value is -3.60. The lowest BCUT2D eigenvalue weighted by Crippen LogP contribution is -2.36. The smallest absolute Gasteiger partial charge is 0.303 e. The Morgan fingerprint density at radius 2 is 1.47 bits per heavy atom. The van der Waals surface area contributed by atoms with E-state index in [9.17, 15) is 9.59 Å². The Balaban J connectivity index is 1.66. The topological polar surface area (TPSA) is 66.8 Å². The highest BCUT2D eigenvalue weighted by Gasteiger charge is 2.20. The Kier molecular flexibility index (Phi) is 9.27. The van der Waals surface area contributed by atoms with Crippen LogP contribution in [0.4, 0.5) is 0 Å². The van der Waals surface area contributed by atoms with Gasteiger partial charge in [0.25, 0.3) is 5.91 Å². The maximum atomic E-state index is 13.4. The highest BCUT2D eigenvalue weighted by Crippen LogP contribution is 2.24. The van der Waals surface area contributed by atoms with E-state index in [1.54, 1.807) is 0 Å². The second-order valence-corrected chi connectivity index (χ2v) is 8.63. The molecule has 0 aliphatic carbocycles. The van der Waals surface area contributed by atoms with Gasteiger partial charge in [0.1, 0.15) is 5.75 Å². The van der Waals surface area contributed by atoms with Crippen molar-refractivity contribution in [3.8, 4) is 16.9 Å². The van der Waals surface area contributed by atoms with Crippen LogP contribution < -0.4 is 4.74 Å². The average molecular weight is 460 g/mol. The third-order valence-corrected chi connectivity index (χ3v) is 5.73. The van der Waals surface area contributed by atoms with Crippen molar-refractivity contribution in [3.05, 3.63) is 90.0 Å². The largest absolute Gasteiger partial charge is 0.493 e. The lowest BCUT2D eigenvalue weighted by molar-refractivity contribution is -0.137. The van der Waals surface area contributed by atoms with Crippen LogP contribution in [0.1, 0.15) is 55.5 Å². The first-order valence-electron chi connectivity index (χ1n) is 11.8. The first-order chi connectivity index (χ1) is 16.5. The van der Waals surface area contributed by atoms with Crippen molar-refractivity contribution in [2.24, 2.45) is 0 Å². The Labute approximate surface area is 202 Å². The number of carboxylic acids is 1. The number of ether oxygens (including phenoxy) is 1. The van der Waals surface area contributed by atoms with Gasteiger partial charge in [-0.25, -0.2) is 0 Å². The van der Waals surface area contributed by atoms with E-state index in [-0.39, 0.29) is 18.4 Å². The molecule has 3 rings (SSSR count). The molecule has 34 heavy (non-hydrogen) atoms. The summed E-state index contributed by atoms with van der Waals surface area (Å²) in [4.78, 5) is 25.9. The van der Waals surface area contributed by atoms with Gasteiger partial charge in [0, 0.05) is 30.1 Å². The monoisotopic (exact) mass is 459 g/mol. The van der Waals surface area contributed by atoms with E-state index in [4.69, 9.17) is 9.84 Å². The van der Waals surface area contributed by atoms with Gasteiger partial charge >= 0.3 is 5.97 Å². The van der Waals surface area contributed by atoms with Gasteiger partial charge in [-0.1, -0.05) is 60.7 Å². The molecular formula is C29H33NO4. The van der Waals surface area contributed by atoms with Gasteiger partial charge in [-0.15, -0.1) is 0 Å². The zero-order valence-electron chi connectivity index (χ0n) is 19.9. The zero-order chi connectivity index (χ0) is 24.3. The number of para-hydroxylation sites is 1. The van der Waals surface area contributed by atoms with Crippen LogP contribution in [0.2, 0.25) is 0 Å². The fourth-order valence-electron chi connectivity index (χ4n) is 3.79. The number of rotatable bonds is 12. The third kappa shape index (κ3) is 7.20. The van der Waals surface area contributed by atoms with Crippen LogP contribution in [0.5, 0.6) is 5.75 Å². The zero-order valence-corrected chi connectivity index (χ0v) is 19.9. The maximum Gasteiger partial charge on any atom is 0.303 e. The fourth-order valence-corrected chi connectivity index (χ4v) is 3.79. The van der Waals surface area contributed by atoms with Crippen molar-refractivity contribution in [2.45, 2.75) is 52.1 Å². The molecule has 3 aromatic rings. The molecular weight excluding hydrogens is 426 g/mol. The maximum absolute atomic E-state index is 13.4. The molecule has 178 valence electrons. The quantitative estimate of drug-likeness (QED) is 0.317. The van der Waals surface area contributed by atoms with Crippen molar-refractivity contribution in [3.63, 3.8) is 0 Å². The molecule has 0 aliphatic rings. The van der Waals surface area contributed by atoms with Crippen molar-refractivity contribution < 1.29 is 19.4 Å². The number of carbonyl (C=O) groups is 2. The van der Waals surface area contributed by atoms with Gasteiger partial charge < -0.3 is 14.7 Å². The lowest BCUT2D eigenvalue weighted by Gasteiger charge is -2.28. The molecule has 0 fully saturated rings. The van der Waals surface area contributed by atoms with Crippen molar-refractivity contribution in [2.75, 3.05) is 6.61 Å². The molecule has 0 atom stereocenters. The summed E-state index contributed by atoms with van der Waals surface area (Å²) >= 11 is 0. The Morgan fingerprint density at radius 1 is 0.824 bits per heavy atom. The predicted octanol–water partition coefficient (Wildman–Crippen LogP) is 6.43. The molecule has 0 saturated carbocycles. The van der Waals surface area contributed by atoms with Gasteiger partial charge in [0.05, 0.1) is 6.61 Å². The summed E-state index contributed by atoms with van der Waals surface area (Å²) in [6.45, 7) is 5.00. The van der Waals surface area contributed by atoms with Crippen molar-refractivity contribution in [1.29, 1.82) is 0 Å². The van der Waals surface area contributed by atoms with E-state index in [1.807, 2.05) is 85.5 Å². The number of hydrogen-bond acceptors (Lipinski definition) is 3. The second-order valence-electron chi connectivity index (χ2n) is 8.63. The van der Waals surface area contributed by atoms with E-state index in [0.717, 1.165) is 35.3 Å². The standard InChI is InChI=1S/C29H33NO4/c1-22(2)30(29(33)25-18-16-24(17-19-25)23-11-5-3-6-12-23)21-26-13-8-9-14-27(26)34-20-10-4-7-15-28(31)32/h3,5-6,8-9,11-14,16-19,22H,4,7,10,15,20-21H2,1-2H3,(H,31,32). The van der Waals surface area contributed by atoms with E-state index in [0.29, 0.717) is 25.1 Å². The highest BCUT2D eigenvalue weighted by molar-refractivity contribution is 5.95. The molecule has 1 amide bonds. The van der Waals surface area contributed by atoms with Crippen LogP contribution >= 0.6 is 0 Å². The molecule has 0 aromatic heterocycles. The number of aliphatic carboxylic acids is 1. The van der Waals surface area contributed by atoms with Crippen LogP contribution in [0, 0.1) is 0 Å². The summed E-state index contributed by atoms with van der Waals surface area (Å²) in [5, 5.41) is 8.74. The van der Waals surface area contributed by atoms with Crippen molar-refractivity contribution >= 4 is 11.9 Å². The predicted molar refractivity (Wildman–Crippen MR) is 135 cm³/mol. The molecule has 0 radical (unpaired) electrons. The van der Waals surface area contributed by atoms with Gasteiger partial charge in [-0.2, -0.15) is 0 Å². The molecule has 3 aromatic carbocycles. The van der Waals surface area contributed by atoms with Crippen LogP contribution in [0.25, 0.3) is 11.1 Å². The first-order valence-corrected chi connectivity index (χ1v) is 11.8. The SMILES string of the molecule is CC(C)N(Cc1ccccc1OCCCCCC(=O)O)C(=O)c1ccc(-c2ccccc2)cc1. The van der Waals surface area contributed by atoms with E-state index in [1.165, 1.54) is 0 Å². The Morgan fingerprint density at radius 3 is 2.15 bits per heavy atom. The fraction of sp³-hybridized carbons (Fsp3) is 0.310. The van der Waals surface area contributed by atoms with Crippen LogP contribution in [-0.4, -0.2) is 34.5 Å². The molecule has 1 N–H and O–H groups in total. The average Bonchev–Trinajstić information content (AvgIpc) is 2.85. The van der Waals surface area contributed by atoms with E-state index in [2.05, 4.69) is 12.1 Å². The number of hydrogen-bond donors (Lipinski definition) is 1. The molecule has 0 bridgehead atoms. The molecule has 0 aliphatic heterocycles. The normalized spacial score (nSPS) is 10.8. The third-order valence-electron chi connectivity index (χ3n) is 5.73. The summed E-state index contributed by atoms with van der Waals surface area (Å²) in [5.41, 5.74) is 3.81. The van der Waals surface area contributed by atoms with Gasteiger partial charge in [-0.05, 0) is 62.4 Å². The highest BCUT2D eigenvalue weighted by atomic mass is 16.5. The molecule has 0 heterocycles.